The fourth-order valence-corrected chi connectivity index (χ4v) is 4.45. The maximum absolute atomic E-state index is 12.6. The molecule has 6 nitrogen and oxygen atoms in total. The molecule has 0 radical (unpaired) electrons. The van der Waals surface area contributed by atoms with Gasteiger partial charge in [0.05, 0.1) is 13.2 Å². The fourth-order valence-electron chi connectivity index (χ4n) is 4.45. The highest BCUT2D eigenvalue weighted by molar-refractivity contribution is 5.78. The smallest absolute Gasteiger partial charge is 0.236 e. The number of piperazine rings is 1. The summed E-state index contributed by atoms with van der Waals surface area (Å²) in [4.78, 5) is 31.2. The summed E-state index contributed by atoms with van der Waals surface area (Å²) in [5.74, 6) is 1.86. The van der Waals surface area contributed by atoms with Crippen LogP contribution in [0.5, 0.6) is 5.75 Å². The Morgan fingerprint density at radius 3 is 2.33 bits per heavy atom. The molecule has 0 atom stereocenters. The van der Waals surface area contributed by atoms with E-state index in [1.165, 1.54) is 32.1 Å². The minimum absolute atomic E-state index is 0.117. The highest BCUT2D eigenvalue weighted by atomic mass is 16.5. The predicted octanol–water partition coefficient (Wildman–Crippen LogP) is 3.16. The van der Waals surface area contributed by atoms with Gasteiger partial charge in [-0.15, -0.1) is 0 Å². The molecule has 0 spiro atoms. The summed E-state index contributed by atoms with van der Waals surface area (Å²) >= 11 is 0. The Hall–Kier alpha value is -2.08. The molecule has 2 aliphatic rings. The van der Waals surface area contributed by atoms with E-state index in [1.807, 2.05) is 43.1 Å². The average molecular weight is 416 g/mol. The standard InChI is InChI=1S/C24H37N3O3/c1-3-30-22-11-9-21(10-12-22)18-25(2)24(29)19-26-13-15-27(16-14-26)23(28)17-20-7-5-4-6-8-20/h9-12,20H,3-8,13-19H2,1-2H3. The van der Waals surface area contributed by atoms with Gasteiger partial charge in [0.2, 0.25) is 11.8 Å². The summed E-state index contributed by atoms with van der Waals surface area (Å²) in [5, 5.41) is 0. The van der Waals surface area contributed by atoms with Gasteiger partial charge in [0.15, 0.2) is 0 Å². The van der Waals surface area contributed by atoms with Gasteiger partial charge in [0, 0.05) is 46.2 Å². The van der Waals surface area contributed by atoms with Crippen molar-refractivity contribution in [1.29, 1.82) is 0 Å². The lowest BCUT2D eigenvalue weighted by atomic mass is 9.86. The number of carbonyl (C=O) groups excluding carboxylic acids is 2. The molecule has 1 aromatic carbocycles. The Balaban J connectivity index is 1.38. The molecular weight excluding hydrogens is 378 g/mol. The number of ether oxygens (including phenoxy) is 1. The lowest BCUT2D eigenvalue weighted by Crippen LogP contribution is -2.51. The van der Waals surface area contributed by atoms with Gasteiger partial charge in [-0.3, -0.25) is 14.5 Å². The molecule has 1 saturated heterocycles. The molecule has 2 amide bonds. The molecule has 3 rings (SSSR count). The van der Waals surface area contributed by atoms with E-state index in [-0.39, 0.29) is 5.91 Å². The highest BCUT2D eigenvalue weighted by Gasteiger charge is 2.25. The molecule has 0 N–H and O–H groups in total. The van der Waals surface area contributed by atoms with Gasteiger partial charge in [-0.1, -0.05) is 31.4 Å². The van der Waals surface area contributed by atoms with E-state index >= 15 is 0 Å². The monoisotopic (exact) mass is 415 g/mol. The van der Waals surface area contributed by atoms with Gasteiger partial charge >= 0.3 is 0 Å². The van der Waals surface area contributed by atoms with Crippen LogP contribution in [0.1, 0.15) is 51.0 Å². The number of benzene rings is 1. The summed E-state index contributed by atoms with van der Waals surface area (Å²) in [5.41, 5.74) is 1.09. The average Bonchev–Trinajstić information content (AvgIpc) is 2.76. The van der Waals surface area contributed by atoms with E-state index < -0.39 is 0 Å². The Morgan fingerprint density at radius 1 is 1.03 bits per heavy atom. The third-order valence-electron chi connectivity index (χ3n) is 6.35. The van der Waals surface area contributed by atoms with Gasteiger partial charge in [-0.25, -0.2) is 0 Å². The van der Waals surface area contributed by atoms with Crippen LogP contribution in [0.2, 0.25) is 0 Å². The summed E-state index contributed by atoms with van der Waals surface area (Å²) < 4.78 is 5.47. The maximum atomic E-state index is 12.6. The van der Waals surface area contributed by atoms with Crippen molar-refractivity contribution in [1.82, 2.24) is 14.7 Å². The van der Waals surface area contributed by atoms with Crippen molar-refractivity contribution in [3.8, 4) is 5.75 Å². The number of likely N-dealkylation sites (N-methyl/N-ethyl adjacent to an activating group) is 1. The topological polar surface area (TPSA) is 53.1 Å². The van der Waals surface area contributed by atoms with E-state index in [9.17, 15) is 9.59 Å². The first-order valence-corrected chi connectivity index (χ1v) is 11.5. The summed E-state index contributed by atoms with van der Waals surface area (Å²) in [6.07, 6.45) is 7.01. The van der Waals surface area contributed by atoms with Crippen LogP contribution in [0, 0.1) is 5.92 Å². The zero-order valence-corrected chi connectivity index (χ0v) is 18.6. The van der Waals surface area contributed by atoms with Crippen LogP contribution < -0.4 is 4.74 Å². The summed E-state index contributed by atoms with van der Waals surface area (Å²) in [7, 11) is 1.85. The zero-order valence-electron chi connectivity index (χ0n) is 18.6. The normalized spacial score (nSPS) is 18.3. The Kier molecular flexibility index (Phi) is 8.55. The van der Waals surface area contributed by atoms with Crippen molar-refractivity contribution >= 4 is 11.8 Å². The number of hydrogen-bond acceptors (Lipinski definition) is 4. The molecule has 2 fully saturated rings. The molecule has 1 heterocycles. The van der Waals surface area contributed by atoms with Crippen molar-refractivity contribution in [2.45, 2.75) is 52.0 Å². The van der Waals surface area contributed by atoms with Crippen molar-refractivity contribution in [2.75, 3.05) is 46.4 Å². The van der Waals surface area contributed by atoms with E-state index in [0.29, 0.717) is 37.9 Å². The molecule has 1 aromatic rings. The second-order valence-electron chi connectivity index (χ2n) is 8.69. The SMILES string of the molecule is CCOc1ccc(CN(C)C(=O)CN2CCN(C(=O)CC3CCCCC3)CC2)cc1. The summed E-state index contributed by atoms with van der Waals surface area (Å²) in [6, 6.07) is 7.90. The minimum Gasteiger partial charge on any atom is -0.494 e. The van der Waals surface area contributed by atoms with Gasteiger partial charge in [0.25, 0.3) is 0 Å². The van der Waals surface area contributed by atoms with E-state index in [2.05, 4.69) is 4.90 Å². The Morgan fingerprint density at radius 2 is 1.70 bits per heavy atom. The second-order valence-corrected chi connectivity index (χ2v) is 8.69. The largest absolute Gasteiger partial charge is 0.494 e. The van der Waals surface area contributed by atoms with E-state index in [1.54, 1.807) is 4.90 Å². The van der Waals surface area contributed by atoms with Crippen LogP contribution in [0.15, 0.2) is 24.3 Å². The highest BCUT2D eigenvalue weighted by Crippen LogP contribution is 2.27. The first-order valence-electron chi connectivity index (χ1n) is 11.5. The van der Waals surface area contributed by atoms with Gasteiger partial charge in [0.1, 0.15) is 5.75 Å². The molecule has 166 valence electrons. The quantitative estimate of drug-likeness (QED) is 0.655. The van der Waals surface area contributed by atoms with Crippen LogP contribution in [0.3, 0.4) is 0 Å². The fraction of sp³-hybridized carbons (Fsp3) is 0.667. The van der Waals surface area contributed by atoms with E-state index in [0.717, 1.165) is 37.5 Å². The Labute approximate surface area is 181 Å². The second kappa shape index (κ2) is 11.3. The molecule has 30 heavy (non-hydrogen) atoms. The molecule has 1 aliphatic carbocycles. The lowest BCUT2D eigenvalue weighted by Gasteiger charge is -2.36. The Bertz CT molecular complexity index is 677. The predicted molar refractivity (Wildman–Crippen MR) is 118 cm³/mol. The molecular formula is C24H37N3O3. The van der Waals surface area contributed by atoms with E-state index in [4.69, 9.17) is 4.74 Å². The molecule has 0 bridgehead atoms. The molecule has 0 aromatic heterocycles. The number of carbonyl (C=O) groups is 2. The number of rotatable bonds is 8. The number of nitrogens with zero attached hydrogens (tertiary/aromatic N) is 3. The number of hydrogen-bond donors (Lipinski definition) is 0. The first-order chi connectivity index (χ1) is 14.5. The van der Waals surface area contributed by atoms with Crippen LogP contribution in [0.4, 0.5) is 0 Å². The first kappa shape index (κ1) is 22.6. The van der Waals surface area contributed by atoms with Crippen molar-refractivity contribution < 1.29 is 14.3 Å². The zero-order chi connectivity index (χ0) is 21.3. The third-order valence-corrected chi connectivity index (χ3v) is 6.35. The number of amides is 2. The van der Waals surface area contributed by atoms with Crippen LogP contribution in [0.25, 0.3) is 0 Å². The van der Waals surface area contributed by atoms with Gasteiger partial charge in [-0.2, -0.15) is 0 Å². The summed E-state index contributed by atoms with van der Waals surface area (Å²) in [6.45, 7) is 6.65. The molecule has 6 heteroatoms. The van der Waals surface area contributed by atoms with Crippen molar-refractivity contribution in [3.05, 3.63) is 29.8 Å². The third kappa shape index (κ3) is 6.73. The van der Waals surface area contributed by atoms with Crippen LogP contribution >= 0.6 is 0 Å². The van der Waals surface area contributed by atoms with Gasteiger partial charge < -0.3 is 14.5 Å². The molecule has 0 unspecified atom stereocenters. The minimum atomic E-state index is 0.117. The van der Waals surface area contributed by atoms with Crippen LogP contribution in [-0.2, 0) is 16.1 Å². The van der Waals surface area contributed by atoms with Crippen molar-refractivity contribution in [2.24, 2.45) is 5.92 Å². The van der Waals surface area contributed by atoms with Gasteiger partial charge in [-0.05, 0) is 43.4 Å². The lowest BCUT2D eigenvalue weighted by molar-refractivity contribution is -0.135. The van der Waals surface area contributed by atoms with Crippen LogP contribution in [-0.4, -0.2) is 72.9 Å². The molecule has 1 saturated carbocycles. The van der Waals surface area contributed by atoms with Crippen molar-refractivity contribution in [3.63, 3.8) is 0 Å². The molecule has 1 aliphatic heterocycles. The maximum Gasteiger partial charge on any atom is 0.236 e.